The van der Waals surface area contributed by atoms with E-state index in [1.54, 1.807) is 18.6 Å². The van der Waals surface area contributed by atoms with Crippen LogP contribution in [0, 0.1) is 0 Å². The number of likely N-dealkylation sites (tertiary alicyclic amines) is 1. The van der Waals surface area contributed by atoms with Crippen LogP contribution in [0.15, 0.2) is 48.9 Å². The zero-order valence-corrected chi connectivity index (χ0v) is 15.1. The van der Waals surface area contributed by atoms with Crippen molar-refractivity contribution in [3.05, 3.63) is 54.5 Å². The van der Waals surface area contributed by atoms with Crippen molar-refractivity contribution in [2.75, 3.05) is 31.5 Å². The molecule has 1 aromatic carbocycles. The third kappa shape index (κ3) is 5.16. The molecule has 3 rings (SSSR count). The summed E-state index contributed by atoms with van der Waals surface area (Å²) in [6, 6.07) is 10.9. The monoisotopic (exact) mass is 354 g/mol. The zero-order valence-electron chi connectivity index (χ0n) is 15.1. The number of anilines is 1. The number of hydrogen-bond acceptors (Lipinski definition) is 5. The Bertz CT molecular complexity index is 681. The number of carbonyl (C=O) groups is 1. The minimum absolute atomic E-state index is 0.120. The molecule has 1 aliphatic heterocycles. The van der Waals surface area contributed by atoms with Crippen molar-refractivity contribution < 1.29 is 4.79 Å². The molecule has 2 amide bonds. The number of nitrogens with zero attached hydrogens (tertiary/aromatic N) is 3. The standard InChI is InChI=1S/C19H26N6O/c1-15(16-5-3-2-4-6-16)25-12-7-17(14-25)24-19(26)23-11-10-22-18-13-20-8-9-21-18/h2-6,8-9,13,15,17H,7,10-12,14H2,1H3,(H,21,22)(H2,23,24,26). The number of aromatic nitrogens is 2. The van der Waals surface area contributed by atoms with Gasteiger partial charge in [-0.3, -0.25) is 9.88 Å². The highest BCUT2D eigenvalue weighted by molar-refractivity contribution is 5.74. The van der Waals surface area contributed by atoms with Gasteiger partial charge in [0.1, 0.15) is 5.82 Å². The highest BCUT2D eigenvalue weighted by atomic mass is 16.2. The van der Waals surface area contributed by atoms with E-state index in [0.29, 0.717) is 24.9 Å². The van der Waals surface area contributed by atoms with Crippen LogP contribution < -0.4 is 16.0 Å². The number of benzene rings is 1. The van der Waals surface area contributed by atoms with Gasteiger partial charge in [-0.2, -0.15) is 0 Å². The molecule has 0 aliphatic carbocycles. The van der Waals surface area contributed by atoms with Crippen molar-refractivity contribution in [2.45, 2.75) is 25.4 Å². The Kier molecular flexibility index (Phi) is 6.38. The summed E-state index contributed by atoms with van der Waals surface area (Å²) in [5, 5.41) is 9.05. The summed E-state index contributed by atoms with van der Waals surface area (Å²) in [7, 11) is 0. The van der Waals surface area contributed by atoms with Gasteiger partial charge in [-0.1, -0.05) is 30.3 Å². The quantitative estimate of drug-likeness (QED) is 0.663. The van der Waals surface area contributed by atoms with Gasteiger partial charge in [0.2, 0.25) is 0 Å². The second-order valence-electron chi connectivity index (χ2n) is 6.48. The Morgan fingerprint density at radius 2 is 2.12 bits per heavy atom. The molecule has 2 aromatic rings. The van der Waals surface area contributed by atoms with Crippen molar-refractivity contribution in [3.63, 3.8) is 0 Å². The number of urea groups is 1. The van der Waals surface area contributed by atoms with Gasteiger partial charge in [0, 0.05) is 50.7 Å². The molecule has 7 nitrogen and oxygen atoms in total. The molecule has 1 aliphatic rings. The third-order valence-corrected chi connectivity index (χ3v) is 4.66. The van der Waals surface area contributed by atoms with Gasteiger partial charge in [0.25, 0.3) is 0 Å². The van der Waals surface area contributed by atoms with E-state index < -0.39 is 0 Å². The minimum Gasteiger partial charge on any atom is -0.367 e. The predicted octanol–water partition coefficient (Wildman–Crippen LogP) is 2.02. The Hall–Kier alpha value is -2.67. The first-order valence-corrected chi connectivity index (χ1v) is 9.05. The molecular formula is C19H26N6O. The first-order valence-electron chi connectivity index (χ1n) is 9.05. The molecule has 0 bridgehead atoms. The summed E-state index contributed by atoms with van der Waals surface area (Å²) in [6.45, 7) is 5.22. The first kappa shape index (κ1) is 18.1. The Balaban J connectivity index is 1.35. The van der Waals surface area contributed by atoms with Gasteiger partial charge in [0.15, 0.2) is 0 Å². The van der Waals surface area contributed by atoms with E-state index in [9.17, 15) is 4.79 Å². The molecule has 0 radical (unpaired) electrons. The van der Waals surface area contributed by atoms with Gasteiger partial charge in [0.05, 0.1) is 6.20 Å². The van der Waals surface area contributed by atoms with E-state index in [2.05, 4.69) is 62.0 Å². The molecule has 138 valence electrons. The van der Waals surface area contributed by atoms with Crippen LogP contribution >= 0.6 is 0 Å². The van der Waals surface area contributed by atoms with E-state index in [0.717, 1.165) is 19.5 Å². The first-order chi connectivity index (χ1) is 12.7. The lowest BCUT2D eigenvalue weighted by Crippen LogP contribution is -2.44. The number of hydrogen-bond donors (Lipinski definition) is 3. The van der Waals surface area contributed by atoms with Crippen LogP contribution in [0.25, 0.3) is 0 Å². The fourth-order valence-electron chi connectivity index (χ4n) is 3.19. The summed E-state index contributed by atoms with van der Waals surface area (Å²) >= 11 is 0. The molecule has 0 saturated carbocycles. The smallest absolute Gasteiger partial charge is 0.315 e. The van der Waals surface area contributed by atoms with Crippen LogP contribution in [0.2, 0.25) is 0 Å². The predicted molar refractivity (Wildman–Crippen MR) is 102 cm³/mol. The molecule has 1 fully saturated rings. The summed E-state index contributed by atoms with van der Waals surface area (Å²) in [5.74, 6) is 0.705. The van der Waals surface area contributed by atoms with Gasteiger partial charge in [-0.05, 0) is 18.9 Å². The highest BCUT2D eigenvalue weighted by Crippen LogP contribution is 2.24. The maximum atomic E-state index is 12.1. The molecule has 1 saturated heterocycles. The second-order valence-corrected chi connectivity index (χ2v) is 6.48. The van der Waals surface area contributed by atoms with Gasteiger partial charge >= 0.3 is 6.03 Å². The maximum absolute atomic E-state index is 12.1. The lowest BCUT2D eigenvalue weighted by Gasteiger charge is -2.24. The molecule has 7 heteroatoms. The molecule has 3 N–H and O–H groups in total. The topological polar surface area (TPSA) is 82.2 Å². The summed E-state index contributed by atoms with van der Waals surface area (Å²) in [4.78, 5) is 22.6. The summed E-state index contributed by atoms with van der Waals surface area (Å²) in [5.41, 5.74) is 1.31. The van der Waals surface area contributed by atoms with Crippen LogP contribution in [-0.2, 0) is 0 Å². The zero-order chi connectivity index (χ0) is 18.2. The van der Waals surface area contributed by atoms with Crippen molar-refractivity contribution in [3.8, 4) is 0 Å². The molecule has 2 atom stereocenters. The number of nitrogens with one attached hydrogen (secondary N) is 3. The lowest BCUT2D eigenvalue weighted by atomic mass is 10.1. The fourth-order valence-corrected chi connectivity index (χ4v) is 3.19. The summed E-state index contributed by atoms with van der Waals surface area (Å²) < 4.78 is 0. The van der Waals surface area contributed by atoms with Crippen LogP contribution in [0.5, 0.6) is 0 Å². The van der Waals surface area contributed by atoms with E-state index in [-0.39, 0.29) is 12.1 Å². The lowest BCUT2D eigenvalue weighted by molar-refractivity contribution is 0.232. The van der Waals surface area contributed by atoms with E-state index >= 15 is 0 Å². The summed E-state index contributed by atoms with van der Waals surface area (Å²) in [6.07, 6.45) is 5.88. The van der Waals surface area contributed by atoms with Crippen molar-refractivity contribution >= 4 is 11.8 Å². The average molecular weight is 354 g/mol. The minimum atomic E-state index is -0.120. The Labute approximate surface area is 154 Å². The molecular weight excluding hydrogens is 328 g/mol. The van der Waals surface area contributed by atoms with E-state index in [4.69, 9.17) is 0 Å². The number of rotatable bonds is 7. The van der Waals surface area contributed by atoms with Crippen molar-refractivity contribution in [1.29, 1.82) is 0 Å². The highest BCUT2D eigenvalue weighted by Gasteiger charge is 2.27. The SMILES string of the molecule is CC(c1ccccc1)N1CCC(NC(=O)NCCNc2cnccn2)C1. The van der Waals surface area contributed by atoms with Gasteiger partial charge in [-0.25, -0.2) is 9.78 Å². The van der Waals surface area contributed by atoms with Crippen LogP contribution in [0.4, 0.5) is 10.6 Å². The second kappa shape index (κ2) is 9.15. The molecule has 2 unspecified atom stereocenters. The van der Waals surface area contributed by atoms with E-state index in [1.807, 2.05) is 6.07 Å². The van der Waals surface area contributed by atoms with E-state index in [1.165, 1.54) is 5.56 Å². The Morgan fingerprint density at radius 1 is 1.27 bits per heavy atom. The maximum Gasteiger partial charge on any atom is 0.315 e. The van der Waals surface area contributed by atoms with Crippen LogP contribution in [-0.4, -0.2) is 53.1 Å². The van der Waals surface area contributed by atoms with Crippen LogP contribution in [0.3, 0.4) is 0 Å². The molecule has 1 aromatic heterocycles. The number of amides is 2. The van der Waals surface area contributed by atoms with Crippen molar-refractivity contribution in [2.24, 2.45) is 0 Å². The average Bonchev–Trinajstić information content (AvgIpc) is 3.14. The largest absolute Gasteiger partial charge is 0.367 e. The normalized spacial score (nSPS) is 18.3. The van der Waals surface area contributed by atoms with Crippen molar-refractivity contribution in [1.82, 2.24) is 25.5 Å². The van der Waals surface area contributed by atoms with Crippen LogP contribution in [0.1, 0.15) is 24.9 Å². The number of carbonyl (C=O) groups excluding carboxylic acids is 1. The Morgan fingerprint density at radius 3 is 2.88 bits per heavy atom. The third-order valence-electron chi connectivity index (χ3n) is 4.66. The van der Waals surface area contributed by atoms with Gasteiger partial charge in [-0.15, -0.1) is 0 Å². The molecule has 2 heterocycles. The van der Waals surface area contributed by atoms with Gasteiger partial charge < -0.3 is 16.0 Å². The molecule has 0 spiro atoms. The molecule has 26 heavy (non-hydrogen) atoms. The fraction of sp³-hybridized carbons (Fsp3) is 0.421.